The van der Waals surface area contributed by atoms with Crippen LogP contribution in [0.1, 0.15) is 71.9 Å². The van der Waals surface area contributed by atoms with Gasteiger partial charge in [0.1, 0.15) is 11.4 Å². The van der Waals surface area contributed by atoms with Gasteiger partial charge in [-0.3, -0.25) is 9.69 Å². The van der Waals surface area contributed by atoms with Crippen LogP contribution < -0.4 is 39.4 Å². The van der Waals surface area contributed by atoms with Crippen LogP contribution in [0.25, 0.3) is 0 Å². The molecule has 9 heteroatoms. The number of halogens is 3. The first-order valence-electron chi connectivity index (χ1n) is 10.9. The zero-order chi connectivity index (χ0) is 24.3. The van der Waals surface area contributed by atoms with Gasteiger partial charge in [-0.2, -0.15) is 13.2 Å². The van der Waals surface area contributed by atoms with Gasteiger partial charge in [-0.05, 0) is 41.7 Å². The molecule has 1 heterocycles. The van der Waals surface area contributed by atoms with Crippen LogP contribution in [-0.2, 0) is 15.6 Å². The van der Waals surface area contributed by atoms with Gasteiger partial charge in [-0.1, -0.05) is 53.7 Å². The molecule has 0 N–H and O–H groups in total. The first kappa shape index (κ1) is 29.5. The molecule has 0 aromatic heterocycles. The molecule has 0 saturated carbocycles. The van der Waals surface area contributed by atoms with Crippen LogP contribution in [0.4, 0.5) is 13.2 Å². The van der Waals surface area contributed by atoms with Crippen molar-refractivity contribution in [3.05, 3.63) is 41.3 Å². The topological polar surface area (TPSA) is 65.0 Å². The largest absolute Gasteiger partial charge is 1.00 e. The molecule has 1 aromatic carbocycles. The number of hydrogen-bond acceptors (Lipinski definition) is 4. The van der Waals surface area contributed by atoms with Gasteiger partial charge in [0, 0.05) is 12.1 Å². The minimum atomic E-state index is -4.82. The van der Waals surface area contributed by atoms with E-state index >= 15 is 0 Å². The zero-order valence-corrected chi connectivity index (χ0v) is 22.6. The van der Waals surface area contributed by atoms with Crippen LogP contribution in [0.15, 0.2) is 35.2 Å². The molecule has 2 rings (SSSR count). The normalized spacial score (nSPS) is 16.2. The molecular formula is C24H32F3N2NaO3. The number of carbonyl (C=O) groups excluding carboxylic acids is 1. The van der Waals surface area contributed by atoms with E-state index < -0.39 is 23.6 Å². The van der Waals surface area contributed by atoms with Crippen molar-refractivity contribution in [2.75, 3.05) is 13.2 Å². The van der Waals surface area contributed by atoms with Crippen molar-refractivity contribution in [2.45, 2.75) is 77.8 Å². The Balaban J connectivity index is 0.00000544. The monoisotopic (exact) mass is 476 g/mol. The molecular weight excluding hydrogens is 444 g/mol. The van der Waals surface area contributed by atoms with Gasteiger partial charge < -0.3 is 9.84 Å². The Bertz CT molecular complexity index is 909. The number of benzene rings is 1. The van der Waals surface area contributed by atoms with Gasteiger partial charge in [-0.15, -0.1) is 6.26 Å². The summed E-state index contributed by atoms with van der Waals surface area (Å²) in [7, 11) is 0. The van der Waals surface area contributed by atoms with Crippen LogP contribution in [0.5, 0.6) is 5.75 Å². The summed E-state index contributed by atoms with van der Waals surface area (Å²) in [6.07, 6.45) is -2.75. The predicted molar refractivity (Wildman–Crippen MR) is 116 cm³/mol. The molecule has 0 saturated heterocycles. The molecule has 0 unspecified atom stereocenters. The number of rotatable bonds is 9. The number of nitrogens with zero attached hydrogens (tertiary/aromatic N) is 2. The Kier molecular flexibility index (Phi) is 10.1. The van der Waals surface area contributed by atoms with E-state index in [4.69, 9.17) is 4.74 Å². The summed E-state index contributed by atoms with van der Waals surface area (Å²) in [5.74, 6) is -1.71. The molecule has 1 amide bonds. The minimum absolute atomic E-state index is 0. The Labute approximate surface area is 216 Å². The second-order valence-corrected chi connectivity index (χ2v) is 9.28. The molecule has 33 heavy (non-hydrogen) atoms. The molecule has 0 fully saturated rings. The molecule has 0 radical (unpaired) electrons. The van der Waals surface area contributed by atoms with Crippen molar-refractivity contribution in [1.29, 1.82) is 0 Å². The molecule has 0 atom stereocenters. The Morgan fingerprint density at radius 3 is 2.21 bits per heavy atom. The molecule has 5 nitrogen and oxygen atoms in total. The molecule has 0 aliphatic carbocycles. The molecule has 178 valence electrons. The van der Waals surface area contributed by atoms with E-state index in [2.05, 4.69) is 52.6 Å². The van der Waals surface area contributed by atoms with Gasteiger partial charge in [0.15, 0.2) is 0 Å². The molecule has 1 aliphatic heterocycles. The summed E-state index contributed by atoms with van der Waals surface area (Å²) in [6.45, 7) is 12.7. The van der Waals surface area contributed by atoms with E-state index in [1.54, 1.807) is 0 Å². The zero-order valence-electron chi connectivity index (χ0n) is 20.6. The van der Waals surface area contributed by atoms with E-state index in [9.17, 15) is 23.1 Å². The summed E-state index contributed by atoms with van der Waals surface area (Å²) in [5, 5.41) is 10.8. The third-order valence-electron chi connectivity index (χ3n) is 6.35. The Morgan fingerprint density at radius 2 is 1.70 bits per heavy atom. The molecule has 0 spiro atoms. The maximum absolute atomic E-state index is 13.2. The van der Waals surface area contributed by atoms with Gasteiger partial charge in [0.25, 0.3) is 5.91 Å². The molecule has 0 bridgehead atoms. The number of carbonyl (C=O) groups is 1. The van der Waals surface area contributed by atoms with Crippen LogP contribution in [0.2, 0.25) is 0 Å². The van der Waals surface area contributed by atoms with Crippen LogP contribution >= 0.6 is 0 Å². The molecule has 1 aliphatic rings. The Hall–Kier alpha value is -1.51. The SMILES string of the molecule is CCC(C)(C)c1ccc(OCCCN2C(=O)/C(=C\[O-])N=C2C(F)(F)F)c(C(C)(C)CC)c1.[Na+]. The second kappa shape index (κ2) is 11.3. The quantitative estimate of drug-likeness (QED) is 0.237. The fourth-order valence-electron chi connectivity index (χ4n) is 3.36. The van der Waals surface area contributed by atoms with Crippen molar-refractivity contribution in [1.82, 2.24) is 4.90 Å². The maximum atomic E-state index is 13.2. The van der Waals surface area contributed by atoms with E-state index in [1.807, 2.05) is 12.1 Å². The van der Waals surface area contributed by atoms with Crippen molar-refractivity contribution in [3.63, 3.8) is 0 Å². The Morgan fingerprint density at radius 1 is 1.09 bits per heavy atom. The third-order valence-corrected chi connectivity index (χ3v) is 6.35. The van der Waals surface area contributed by atoms with Crippen LogP contribution in [-0.4, -0.2) is 36.0 Å². The second-order valence-electron chi connectivity index (χ2n) is 9.28. The summed E-state index contributed by atoms with van der Waals surface area (Å²) in [5.41, 5.74) is 1.37. The van der Waals surface area contributed by atoms with Crippen LogP contribution in [0.3, 0.4) is 0 Å². The average Bonchev–Trinajstić information content (AvgIpc) is 3.07. The van der Waals surface area contributed by atoms with E-state index in [-0.39, 0.29) is 66.2 Å². The van der Waals surface area contributed by atoms with Crippen LogP contribution in [0, 0.1) is 0 Å². The fourth-order valence-corrected chi connectivity index (χ4v) is 3.36. The average molecular weight is 477 g/mol. The van der Waals surface area contributed by atoms with Gasteiger partial charge >= 0.3 is 35.7 Å². The summed E-state index contributed by atoms with van der Waals surface area (Å²) in [6, 6.07) is 6.10. The summed E-state index contributed by atoms with van der Waals surface area (Å²) < 4.78 is 45.5. The first-order valence-corrected chi connectivity index (χ1v) is 10.9. The number of alkyl halides is 3. The van der Waals surface area contributed by atoms with E-state index in [0.717, 1.165) is 18.4 Å². The van der Waals surface area contributed by atoms with Crippen molar-refractivity contribution >= 4 is 11.7 Å². The van der Waals surface area contributed by atoms with Crippen molar-refractivity contribution in [3.8, 4) is 5.75 Å². The number of amides is 1. The van der Waals surface area contributed by atoms with Crippen molar-refractivity contribution in [2.24, 2.45) is 4.99 Å². The van der Waals surface area contributed by atoms with Gasteiger partial charge in [0.2, 0.25) is 5.84 Å². The summed E-state index contributed by atoms with van der Waals surface area (Å²) >= 11 is 0. The van der Waals surface area contributed by atoms with E-state index in [1.165, 1.54) is 5.56 Å². The van der Waals surface area contributed by atoms with E-state index in [0.29, 0.717) is 10.6 Å². The standard InChI is InChI=1S/C24H33F3N2O3.Na/c1-7-22(3,4)16-10-11-19(17(14-16)23(5,6)8-2)32-13-9-12-29-20(31)18(15-30)28-21(29)24(25,26)27;/h10-11,14-15,30H,7-9,12-13H2,1-6H3;/q;+1/p-1/b18-15+;. The number of hydrogen-bond donors (Lipinski definition) is 0. The fraction of sp³-hybridized carbons (Fsp3) is 0.583. The first-order chi connectivity index (χ1) is 14.8. The number of aliphatic imine (C=N–C) groups is 1. The maximum Gasteiger partial charge on any atom is 1.00 e. The van der Waals surface area contributed by atoms with Gasteiger partial charge in [0.05, 0.1) is 6.61 Å². The smallest absolute Gasteiger partial charge is 0.876 e. The summed E-state index contributed by atoms with van der Waals surface area (Å²) in [4.78, 5) is 15.7. The molecule has 1 aromatic rings. The number of ether oxygens (including phenoxy) is 1. The number of amidine groups is 1. The van der Waals surface area contributed by atoms with Gasteiger partial charge in [-0.25, -0.2) is 4.99 Å². The third kappa shape index (κ3) is 6.76. The predicted octanol–water partition coefficient (Wildman–Crippen LogP) is 1.84. The minimum Gasteiger partial charge on any atom is -0.876 e. The van der Waals surface area contributed by atoms with Crippen molar-refractivity contribution < 1.29 is 57.4 Å².